The SMILES string of the molecule is CN(CC(=O)Nc1cc(F)cc(F)c1)c1ncccc1C#N. The number of amides is 1. The summed E-state index contributed by atoms with van der Waals surface area (Å²) in [4.78, 5) is 17.4. The minimum Gasteiger partial charge on any atom is -0.349 e. The molecule has 1 heterocycles. The summed E-state index contributed by atoms with van der Waals surface area (Å²) in [6.07, 6.45) is 1.51. The molecule has 2 aromatic rings. The number of benzene rings is 1. The van der Waals surface area contributed by atoms with Crippen LogP contribution in [-0.2, 0) is 4.79 Å². The van der Waals surface area contributed by atoms with Crippen molar-refractivity contribution in [1.29, 1.82) is 5.26 Å². The van der Waals surface area contributed by atoms with Crippen LogP contribution in [0.25, 0.3) is 0 Å². The molecule has 0 saturated carbocycles. The molecule has 1 N–H and O–H groups in total. The van der Waals surface area contributed by atoms with Crippen LogP contribution in [0.2, 0.25) is 0 Å². The molecule has 5 nitrogen and oxygen atoms in total. The van der Waals surface area contributed by atoms with E-state index in [1.807, 2.05) is 6.07 Å². The number of carbonyl (C=O) groups excluding carboxylic acids is 1. The second-order valence-corrected chi connectivity index (χ2v) is 4.55. The summed E-state index contributed by atoms with van der Waals surface area (Å²) >= 11 is 0. The Labute approximate surface area is 125 Å². The highest BCUT2D eigenvalue weighted by Crippen LogP contribution is 2.15. The average Bonchev–Trinajstić information content (AvgIpc) is 2.45. The lowest BCUT2D eigenvalue weighted by atomic mass is 10.2. The fourth-order valence-electron chi connectivity index (χ4n) is 1.91. The van der Waals surface area contributed by atoms with E-state index in [-0.39, 0.29) is 12.2 Å². The first-order chi connectivity index (χ1) is 10.5. The highest BCUT2D eigenvalue weighted by Gasteiger charge is 2.13. The summed E-state index contributed by atoms with van der Waals surface area (Å²) in [6, 6.07) is 7.93. The highest BCUT2D eigenvalue weighted by molar-refractivity contribution is 5.94. The molecule has 0 bridgehead atoms. The van der Waals surface area contributed by atoms with Crippen molar-refractivity contribution in [1.82, 2.24) is 4.98 Å². The predicted octanol–water partition coefficient (Wildman–Crippen LogP) is 2.31. The Bertz CT molecular complexity index is 722. The summed E-state index contributed by atoms with van der Waals surface area (Å²) < 4.78 is 26.1. The highest BCUT2D eigenvalue weighted by atomic mass is 19.1. The first kappa shape index (κ1) is 15.4. The molecule has 2 rings (SSSR count). The number of anilines is 2. The maximum Gasteiger partial charge on any atom is 0.243 e. The van der Waals surface area contributed by atoms with Crippen LogP contribution in [-0.4, -0.2) is 24.5 Å². The van der Waals surface area contributed by atoms with Gasteiger partial charge in [-0.05, 0) is 24.3 Å². The number of carbonyl (C=O) groups is 1. The van der Waals surface area contributed by atoms with Crippen molar-refractivity contribution < 1.29 is 13.6 Å². The molecule has 0 atom stereocenters. The Kier molecular flexibility index (Phi) is 4.63. The van der Waals surface area contributed by atoms with Crippen molar-refractivity contribution in [3.63, 3.8) is 0 Å². The van der Waals surface area contributed by atoms with Crippen LogP contribution in [0.1, 0.15) is 5.56 Å². The number of halogens is 2. The molecule has 1 amide bonds. The van der Waals surface area contributed by atoms with Crippen molar-refractivity contribution >= 4 is 17.4 Å². The maximum atomic E-state index is 13.1. The molecule has 0 radical (unpaired) electrons. The molecule has 0 saturated heterocycles. The van der Waals surface area contributed by atoms with Gasteiger partial charge in [-0.25, -0.2) is 13.8 Å². The van der Waals surface area contributed by atoms with Gasteiger partial charge in [0.1, 0.15) is 23.5 Å². The van der Waals surface area contributed by atoms with Gasteiger partial charge in [-0.1, -0.05) is 0 Å². The van der Waals surface area contributed by atoms with Crippen molar-refractivity contribution in [2.24, 2.45) is 0 Å². The number of nitriles is 1. The van der Waals surface area contributed by atoms with Crippen LogP contribution in [0.5, 0.6) is 0 Å². The summed E-state index contributed by atoms with van der Waals surface area (Å²) in [6.45, 7) is -0.121. The fraction of sp³-hybridized carbons (Fsp3) is 0.133. The van der Waals surface area contributed by atoms with E-state index in [0.29, 0.717) is 11.4 Å². The van der Waals surface area contributed by atoms with Gasteiger partial charge in [0.25, 0.3) is 0 Å². The van der Waals surface area contributed by atoms with Gasteiger partial charge in [0.15, 0.2) is 0 Å². The predicted molar refractivity (Wildman–Crippen MR) is 77.2 cm³/mol. The number of pyridine rings is 1. The van der Waals surface area contributed by atoms with Crippen LogP contribution in [0.4, 0.5) is 20.3 Å². The van der Waals surface area contributed by atoms with Gasteiger partial charge in [-0.3, -0.25) is 4.79 Å². The fourth-order valence-corrected chi connectivity index (χ4v) is 1.91. The monoisotopic (exact) mass is 302 g/mol. The Morgan fingerprint density at radius 2 is 2.05 bits per heavy atom. The minimum absolute atomic E-state index is 0.0254. The van der Waals surface area contributed by atoms with E-state index in [1.165, 1.54) is 11.1 Å². The summed E-state index contributed by atoms with van der Waals surface area (Å²) in [7, 11) is 1.59. The van der Waals surface area contributed by atoms with Crippen LogP contribution < -0.4 is 10.2 Å². The second kappa shape index (κ2) is 6.63. The lowest BCUT2D eigenvalue weighted by Gasteiger charge is -2.18. The van der Waals surface area contributed by atoms with E-state index in [9.17, 15) is 13.6 Å². The molecule has 0 unspecified atom stereocenters. The molecule has 0 spiro atoms. The maximum absolute atomic E-state index is 13.1. The first-order valence-corrected chi connectivity index (χ1v) is 6.32. The lowest BCUT2D eigenvalue weighted by molar-refractivity contribution is -0.114. The number of likely N-dealkylation sites (N-methyl/N-ethyl adjacent to an activating group) is 1. The minimum atomic E-state index is -0.778. The number of aromatic nitrogens is 1. The molecule has 0 fully saturated rings. The zero-order valence-corrected chi connectivity index (χ0v) is 11.7. The van der Waals surface area contributed by atoms with Crippen molar-refractivity contribution in [2.75, 3.05) is 23.8 Å². The normalized spacial score (nSPS) is 9.91. The standard InChI is InChI=1S/C15H12F2N4O/c1-21(15-10(8-18)3-2-4-19-15)9-14(22)20-13-6-11(16)5-12(17)7-13/h2-7H,9H2,1H3,(H,20,22). The third-order valence-electron chi connectivity index (χ3n) is 2.80. The van der Waals surface area contributed by atoms with Crippen LogP contribution >= 0.6 is 0 Å². The Balaban J connectivity index is 2.07. The molecular formula is C15H12F2N4O. The summed E-state index contributed by atoms with van der Waals surface area (Å²) in [5.74, 6) is -1.69. The van der Waals surface area contributed by atoms with Crippen LogP contribution in [0.15, 0.2) is 36.5 Å². The molecule has 0 aliphatic rings. The van der Waals surface area contributed by atoms with Gasteiger partial charge in [0.2, 0.25) is 5.91 Å². The third-order valence-corrected chi connectivity index (χ3v) is 2.80. The van der Waals surface area contributed by atoms with E-state index < -0.39 is 17.5 Å². The van der Waals surface area contributed by atoms with Crippen molar-refractivity contribution in [2.45, 2.75) is 0 Å². The van der Waals surface area contributed by atoms with Gasteiger partial charge < -0.3 is 10.2 Å². The second-order valence-electron chi connectivity index (χ2n) is 4.55. The molecule has 22 heavy (non-hydrogen) atoms. The zero-order valence-electron chi connectivity index (χ0n) is 11.7. The van der Waals surface area contributed by atoms with Crippen molar-refractivity contribution in [3.8, 4) is 6.07 Å². The van der Waals surface area contributed by atoms with E-state index in [2.05, 4.69) is 10.3 Å². The van der Waals surface area contributed by atoms with Gasteiger partial charge in [-0.2, -0.15) is 5.26 Å². The van der Waals surface area contributed by atoms with Gasteiger partial charge >= 0.3 is 0 Å². The molecular weight excluding hydrogens is 290 g/mol. The van der Waals surface area contributed by atoms with Crippen LogP contribution in [0, 0.1) is 23.0 Å². The van der Waals surface area contributed by atoms with Gasteiger partial charge in [0.05, 0.1) is 12.1 Å². The molecule has 1 aromatic carbocycles. The largest absolute Gasteiger partial charge is 0.349 e. The molecule has 0 aliphatic carbocycles. The Morgan fingerprint density at radius 3 is 2.68 bits per heavy atom. The van der Waals surface area contributed by atoms with Crippen molar-refractivity contribution in [3.05, 3.63) is 53.7 Å². The Hall–Kier alpha value is -3.01. The smallest absolute Gasteiger partial charge is 0.243 e. The van der Waals surface area contributed by atoms with E-state index in [1.54, 1.807) is 19.2 Å². The van der Waals surface area contributed by atoms with E-state index >= 15 is 0 Å². The average molecular weight is 302 g/mol. The lowest BCUT2D eigenvalue weighted by Crippen LogP contribution is -2.31. The summed E-state index contributed by atoms with van der Waals surface area (Å²) in [5.41, 5.74) is 0.354. The number of rotatable bonds is 4. The number of nitrogens with zero attached hydrogens (tertiary/aromatic N) is 3. The van der Waals surface area contributed by atoms with Gasteiger partial charge in [0, 0.05) is 25.0 Å². The quantitative estimate of drug-likeness (QED) is 0.941. The topological polar surface area (TPSA) is 69.0 Å². The number of hydrogen-bond donors (Lipinski definition) is 1. The zero-order chi connectivity index (χ0) is 16.1. The molecule has 1 aromatic heterocycles. The van der Waals surface area contributed by atoms with Gasteiger partial charge in [-0.15, -0.1) is 0 Å². The number of hydrogen-bond acceptors (Lipinski definition) is 4. The third kappa shape index (κ3) is 3.76. The Morgan fingerprint density at radius 1 is 1.36 bits per heavy atom. The van der Waals surface area contributed by atoms with E-state index in [0.717, 1.165) is 18.2 Å². The molecule has 0 aliphatic heterocycles. The van der Waals surface area contributed by atoms with Crippen LogP contribution in [0.3, 0.4) is 0 Å². The van der Waals surface area contributed by atoms with E-state index in [4.69, 9.17) is 5.26 Å². The number of nitrogens with one attached hydrogen (secondary N) is 1. The molecule has 112 valence electrons. The first-order valence-electron chi connectivity index (χ1n) is 6.32. The molecule has 7 heteroatoms. The summed E-state index contributed by atoms with van der Waals surface area (Å²) in [5, 5.41) is 11.4.